The number of carboxylic acid groups (broad SMARTS) is 1. The number of carbonyl (C=O) groups is 3. The summed E-state index contributed by atoms with van der Waals surface area (Å²) in [4.78, 5) is 36.5. The van der Waals surface area contributed by atoms with Gasteiger partial charge in [-0.15, -0.1) is 11.3 Å². The molecular weight excluding hydrogens is 470 g/mol. The van der Waals surface area contributed by atoms with E-state index in [2.05, 4.69) is 5.32 Å². The Hall–Kier alpha value is -2.70. The van der Waals surface area contributed by atoms with E-state index in [0.29, 0.717) is 40.8 Å². The lowest BCUT2D eigenvalue weighted by molar-refractivity contribution is -0.138. The van der Waals surface area contributed by atoms with Crippen molar-refractivity contribution in [3.63, 3.8) is 0 Å². The predicted molar refractivity (Wildman–Crippen MR) is 136 cm³/mol. The number of benzene rings is 2. The standard InChI is InChI=1S/C27H28ClNO4S/c28-22-12-11-21-15-25(34-24(21)16-22)27(33)29-13-1-2-23(30)20-9-7-19(8-10-20)18-5-3-17(4-6-18)14-26(31)32/h7-12,15-18H,1-6,13-14H2,(H,29,33)(H,31,32). The number of hydrogen-bond acceptors (Lipinski definition) is 4. The van der Waals surface area contributed by atoms with Gasteiger partial charge in [-0.1, -0.05) is 41.9 Å². The summed E-state index contributed by atoms with van der Waals surface area (Å²) in [5.74, 6) is -0.0483. The van der Waals surface area contributed by atoms with Crippen LogP contribution in [0.1, 0.15) is 76.5 Å². The van der Waals surface area contributed by atoms with Crippen LogP contribution in [-0.4, -0.2) is 29.3 Å². The fourth-order valence-electron chi connectivity index (χ4n) is 4.69. The maximum absolute atomic E-state index is 12.6. The lowest BCUT2D eigenvalue weighted by atomic mass is 9.77. The van der Waals surface area contributed by atoms with Gasteiger partial charge >= 0.3 is 5.97 Å². The Morgan fingerprint density at radius 3 is 2.44 bits per heavy atom. The molecule has 1 fully saturated rings. The van der Waals surface area contributed by atoms with Crippen molar-refractivity contribution in [3.8, 4) is 0 Å². The molecule has 0 radical (unpaired) electrons. The number of thiophene rings is 1. The smallest absolute Gasteiger partial charge is 0.303 e. The molecule has 0 aliphatic heterocycles. The Bertz CT molecular complexity index is 1180. The number of nitrogens with one attached hydrogen (secondary N) is 1. The van der Waals surface area contributed by atoms with E-state index in [1.54, 1.807) is 0 Å². The highest BCUT2D eigenvalue weighted by Gasteiger charge is 2.24. The Kier molecular flexibility index (Phi) is 8.01. The molecule has 3 aromatic rings. The van der Waals surface area contributed by atoms with Gasteiger partial charge in [-0.2, -0.15) is 0 Å². The molecule has 1 aromatic heterocycles. The van der Waals surface area contributed by atoms with Crippen LogP contribution in [0, 0.1) is 5.92 Å². The van der Waals surface area contributed by atoms with Crippen LogP contribution in [0.15, 0.2) is 48.5 Å². The molecular formula is C27H28ClNO4S. The van der Waals surface area contributed by atoms with Crippen molar-refractivity contribution < 1.29 is 19.5 Å². The lowest BCUT2D eigenvalue weighted by Crippen LogP contribution is -2.24. The molecule has 0 spiro atoms. The first-order valence-electron chi connectivity index (χ1n) is 11.7. The molecule has 0 bridgehead atoms. The van der Waals surface area contributed by atoms with Crippen LogP contribution in [0.5, 0.6) is 0 Å². The van der Waals surface area contributed by atoms with Gasteiger partial charge in [-0.05, 0) is 73.1 Å². The zero-order valence-electron chi connectivity index (χ0n) is 18.9. The van der Waals surface area contributed by atoms with Crippen molar-refractivity contribution in [2.45, 2.75) is 50.9 Å². The number of carboxylic acids is 1. The summed E-state index contributed by atoms with van der Waals surface area (Å²) in [5, 5.41) is 13.5. The molecule has 1 amide bonds. The third-order valence-corrected chi connectivity index (χ3v) is 7.92. The Balaban J connectivity index is 1.21. The normalized spacial score (nSPS) is 18.0. The van der Waals surface area contributed by atoms with Gasteiger partial charge in [0.15, 0.2) is 5.78 Å². The quantitative estimate of drug-likeness (QED) is 0.254. The minimum atomic E-state index is -0.712. The number of halogens is 1. The van der Waals surface area contributed by atoms with Crippen LogP contribution in [0.25, 0.3) is 10.1 Å². The van der Waals surface area contributed by atoms with Gasteiger partial charge in [0.05, 0.1) is 4.88 Å². The van der Waals surface area contributed by atoms with Crippen LogP contribution < -0.4 is 5.32 Å². The number of ketones is 1. The average molecular weight is 498 g/mol. The number of Topliss-reactive ketones (excluding diaryl/α,β-unsaturated/α-hetero) is 1. The molecule has 5 nitrogen and oxygen atoms in total. The van der Waals surface area contributed by atoms with Crippen molar-refractivity contribution in [2.24, 2.45) is 5.92 Å². The number of fused-ring (bicyclic) bond motifs is 1. The summed E-state index contributed by atoms with van der Waals surface area (Å²) in [6.45, 7) is 0.442. The number of hydrogen-bond donors (Lipinski definition) is 2. The zero-order valence-corrected chi connectivity index (χ0v) is 20.5. The van der Waals surface area contributed by atoms with Crippen LogP contribution in [0.3, 0.4) is 0 Å². The molecule has 1 saturated carbocycles. The monoisotopic (exact) mass is 497 g/mol. The predicted octanol–water partition coefficient (Wildman–Crippen LogP) is 6.70. The summed E-state index contributed by atoms with van der Waals surface area (Å²) in [6.07, 6.45) is 5.10. The maximum Gasteiger partial charge on any atom is 0.303 e. The highest BCUT2D eigenvalue weighted by atomic mass is 35.5. The first-order valence-corrected chi connectivity index (χ1v) is 12.9. The molecule has 178 valence electrons. The molecule has 1 aliphatic carbocycles. The van der Waals surface area contributed by atoms with Crippen LogP contribution >= 0.6 is 22.9 Å². The van der Waals surface area contributed by atoms with Crippen molar-refractivity contribution in [1.29, 1.82) is 0 Å². The molecule has 1 heterocycles. The second-order valence-corrected chi connectivity index (χ2v) is 10.5. The van der Waals surface area contributed by atoms with Gasteiger partial charge < -0.3 is 10.4 Å². The minimum absolute atomic E-state index is 0.0717. The topological polar surface area (TPSA) is 83.5 Å². The summed E-state index contributed by atoms with van der Waals surface area (Å²) in [6, 6.07) is 15.3. The fourth-order valence-corrected chi connectivity index (χ4v) is 5.94. The Morgan fingerprint density at radius 2 is 1.74 bits per heavy atom. The van der Waals surface area contributed by atoms with Gasteiger partial charge in [-0.3, -0.25) is 14.4 Å². The fraction of sp³-hybridized carbons (Fsp3) is 0.370. The lowest BCUT2D eigenvalue weighted by Gasteiger charge is -2.28. The van der Waals surface area contributed by atoms with E-state index in [4.69, 9.17) is 16.7 Å². The van der Waals surface area contributed by atoms with E-state index in [-0.39, 0.29) is 24.0 Å². The van der Waals surface area contributed by atoms with E-state index in [1.807, 2.05) is 48.5 Å². The maximum atomic E-state index is 12.6. The van der Waals surface area contributed by atoms with Crippen LogP contribution in [0.2, 0.25) is 5.02 Å². The first-order chi connectivity index (χ1) is 16.4. The number of carbonyl (C=O) groups excluding carboxylic acids is 2. The molecule has 2 aromatic carbocycles. The summed E-state index contributed by atoms with van der Waals surface area (Å²) >= 11 is 7.42. The first kappa shape index (κ1) is 24.4. The SMILES string of the molecule is O=C(O)CC1CCC(c2ccc(C(=O)CCCNC(=O)c3cc4ccc(Cl)cc4s3)cc2)CC1. The van der Waals surface area contributed by atoms with E-state index in [9.17, 15) is 14.4 Å². The second kappa shape index (κ2) is 11.2. The molecule has 34 heavy (non-hydrogen) atoms. The highest BCUT2D eigenvalue weighted by Crippen LogP contribution is 2.37. The van der Waals surface area contributed by atoms with Gasteiger partial charge in [0.1, 0.15) is 0 Å². The minimum Gasteiger partial charge on any atom is -0.481 e. The third-order valence-electron chi connectivity index (χ3n) is 6.59. The number of aliphatic carboxylic acids is 1. The van der Waals surface area contributed by atoms with Crippen molar-refractivity contribution in [2.75, 3.05) is 6.54 Å². The van der Waals surface area contributed by atoms with Crippen LogP contribution in [0.4, 0.5) is 0 Å². The van der Waals surface area contributed by atoms with E-state index in [1.165, 1.54) is 16.9 Å². The molecule has 0 saturated heterocycles. The molecule has 1 aliphatic rings. The third kappa shape index (κ3) is 6.24. The van der Waals surface area contributed by atoms with Crippen molar-refractivity contribution >= 4 is 50.7 Å². The largest absolute Gasteiger partial charge is 0.481 e. The van der Waals surface area contributed by atoms with E-state index < -0.39 is 5.97 Å². The van der Waals surface area contributed by atoms with Gasteiger partial charge in [-0.25, -0.2) is 0 Å². The average Bonchev–Trinajstić information content (AvgIpc) is 3.25. The van der Waals surface area contributed by atoms with E-state index in [0.717, 1.165) is 35.8 Å². The Labute approximate surface area is 208 Å². The molecule has 7 heteroatoms. The summed E-state index contributed by atoms with van der Waals surface area (Å²) < 4.78 is 0.976. The van der Waals surface area contributed by atoms with Gasteiger partial charge in [0.2, 0.25) is 0 Å². The number of amides is 1. The highest BCUT2D eigenvalue weighted by molar-refractivity contribution is 7.20. The van der Waals surface area contributed by atoms with Crippen molar-refractivity contribution in [1.82, 2.24) is 5.32 Å². The van der Waals surface area contributed by atoms with Gasteiger partial charge in [0, 0.05) is 34.7 Å². The number of rotatable bonds is 9. The van der Waals surface area contributed by atoms with Crippen molar-refractivity contribution in [3.05, 3.63) is 69.6 Å². The zero-order chi connectivity index (χ0) is 24.1. The summed E-state index contributed by atoms with van der Waals surface area (Å²) in [7, 11) is 0. The van der Waals surface area contributed by atoms with Crippen LogP contribution in [-0.2, 0) is 4.79 Å². The molecule has 0 atom stereocenters. The summed E-state index contributed by atoms with van der Waals surface area (Å²) in [5.41, 5.74) is 1.92. The Morgan fingerprint density at radius 1 is 1.00 bits per heavy atom. The molecule has 4 rings (SSSR count). The molecule has 2 N–H and O–H groups in total. The van der Waals surface area contributed by atoms with E-state index >= 15 is 0 Å². The second-order valence-electron chi connectivity index (χ2n) is 9.01. The van der Waals surface area contributed by atoms with Gasteiger partial charge in [0.25, 0.3) is 5.91 Å². The molecule has 0 unspecified atom stereocenters.